The van der Waals surface area contributed by atoms with E-state index in [1.54, 1.807) is 0 Å². The molecule has 0 amide bonds. The molecule has 3 nitrogen and oxygen atoms in total. The number of rotatable bonds is 12. The number of nitriles is 1. The highest BCUT2D eigenvalue weighted by Crippen LogP contribution is 2.09. The minimum Gasteiger partial charge on any atom is -0.396 e. The predicted molar refractivity (Wildman–Crippen MR) is 71.7 cm³/mol. The summed E-state index contributed by atoms with van der Waals surface area (Å²) in [6.45, 7) is 3.17. The third-order valence-electron chi connectivity index (χ3n) is 2.98. The minimum atomic E-state index is -0.0304. The van der Waals surface area contributed by atoms with Crippen LogP contribution in [0.1, 0.15) is 64.7 Å². The second kappa shape index (κ2) is 13.5. The van der Waals surface area contributed by atoms with E-state index in [4.69, 9.17) is 10.4 Å². The number of nitrogens with zero attached hydrogens (tertiary/aromatic N) is 1. The Kier molecular flexibility index (Phi) is 13.0. The Bertz CT molecular complexity index is 189. The molecule has 0 aliphatic rings. The van der Waals surface area contributed by atoms with Crippen molar-refractivity contribution in [2.24, 2.45) is 0 Å². The van der Waals surface area contributed by atoms with Crippen molar-refractivity contribution >= 4 is 0 Å². The lowest BCUT2D eigenvalue weighted by molar-refractivity contribution is 0.284. The lowest BCUT2D eigenvalue weighted by Crippen LogP contribution is -2.28. The van der Waals surface area contributed by atoms with Gasteiger partial charge >= 0.3 is 0 Å². The topological polar surface area (TPSA) is 56.0 Å². The van der Waals surface area contributed by atoms with Crippen LogP contribution in [0.4, 0.5) is 0 Å². The number of hydrogen-bond acceptors (Lipinski definition) is 3. The van der Waals surface area contributed by atoms with E-state index in [1.807, 2.05) is 0 Å². The van der Waals surface area contributed by atoms with Crippen LogP contribution in [0.15, 0.2) is 0 Å². The number of aliphatic hydroxyl groups excluding tert-OH is 1. The molecular formula is C14H28N2O. The van der Waals surface area contributed by atoms with E-state index in [9.17, 15) is 0 Å². The van der Waals surface area contributed by atoms with Gasteiger partial charge in [0.15, 0.2) is 0 Å². The Morgan fingerprint density at radius 3 is 2.29 bits per heavy atom. The summed E-state index contributed by atoms with van der Waals surface area (Å²) in [5.74, 6) is 0. The highest BCUT2D eigenvalue weighted by atomic mass is 16.3. The molecule has 2 N–H and O–H groups in total. The molecule has 0 fully saturated rings. The summed E-state index contributed by atoms with van der Waals surface area (Å²) in [6.07, 6.45) is 10.7. The predicted octanol–water partition coefficient (Wildman–Crippen LogP) is 2.99. The molecule has 0 saturated carbocycles. The zero-order valence-electron chi connectivity index (χ0n) is 11.2. The summed E-state index contributed by atoms with van der Waals surface area (Å²) in [5.41, 5.74) is 0. The van der Waals surface area contributed by atoms with Gasteiger partial charge in [0, 0.05) is 6.61 Å². The molecule has 0 saturated heterocycles. The summed E-state index contributed by atoms with van der Waals surface area (Å²) in [6, 6.07) is 2.25. The van der Waals surface area contributed by atoms with Crippen molar-refractivity contribution < 1.29 is 5.11 Å². The molecule has 0 heterocycles. The molecule has 0 bridgehead atoms. The fourth-order valence-corrected chi connectivity index (χ4v) is 1.87. The first-order valence-electron chi connectivity index (χ1n) is 7.09. The molecule has 0 aliphatic carbocycles. The summed E-state index contributed by atoms with van der Waals surface area (Å²) in [7, 11) is 0. The third-order valence-corrected chi connectivity index (χ3v) is 2.98. The fourth-order valence-electron chi connectivity index (χ4n) is 1.87. The first kappa shape index (κ1) is 16.4. The molecule has 1 unspecified atom stereocenters. The van der Waals surface area contributed by atoms with Gasteiger partial charge in [-0.15, -0.1) is 0 Å². The average molecular weight is 240 g/mol. The van der Waals surface area contributed by atoms with Crippen LogP contribution < -0.4 is 5.32 Å². The molecule has 0 radical (unpaired) electrons. The SMILES string of the molecule is CCCCCCCCCC(C#N)NCCCO. The van der Waals surface area contributed by atoms with E-state index in [-0.39, 0.29) is 12.6 Å². The maximum atomic E-state index is 8.92. The van der Waals surface area contributed by atoms with Crippen LogP contribution in [0.2, 0.25) is 0 Å². The van der Waals surface area contributed by atoms with Gasteiger partial charge < -0.3 is 10.4 Å². The number of aliphatic hydroxyl groups is 1. The molecule has 0 rings (SSSR count). The van der Waals surface area contributed by atoms with Crippen LogP contribution in [-0.2, 0) is 0 Å². The first-order valence-corrected chi connectivity index (χ1v) is 7.09. The van der Waals surface area contributed by atoms with E-state index in [0.717, 1.165) is 25.8 Å². The molecule has 0 aromatic carbocycles. The molecule has 0 aromatic rings. The lowest BCUT2D eigenvalue weighted by Gasteiger charge is -2.10. The van der Waals surface area contributed by atoms with Crippen LogP contribution in [0.5, 0.6) is 0 Å². The van der Waals surface area contributed by atoms with Crippen molar-refractivity contribution in [2.75, 3.05) is 13.2 Å². The molecule has 3 heteroatoms. The number of hydrogen-bond donors (Lipinski definition) is 2. The van der Waals surface area contributed by atoms with Gasteiger partial charge in [-0.25, -0.2) is 0 Å². The maximum absolute atomic E-state index is 8.92. The Morgan fingerprint density at radius 2 is 1.71 bits per heavy atom. The second-order valence-corrected chi connectivity index (χ2v) is 4.62. The largest absolute Gasteiger partial charge is 0.396 e. The standard InChI is InChI=1S/C14H28N2O/c1-2-3-4-5-6-7-8-10-14(13-15)16-11-9-12-17/h14,16-17H,2-12H2,1H3. The average Bonchev–Trinajstić information content (AvgIpc) is 2.35. The van der Waals surface area contributed by atoms with Crippen molar-refractivity contribution in [3.05, 3.63) is 0 Å². The van der Waals surface area contributed by atoms with E-state index in [2.05, 4.69) is 18.3 Å². The van der Waals surface area contributed by atoms with Crippen LogP contribution >= 0.6 is 0 Å². The van der Waals surface area contributed by atoms with Crippen molar-refractivity contribution in [3.63, 3.8) is 0 Å². The van der Waals surface area contributed by atoms with Gasteiger partial charge in [0.2, 0.25) is 0 Å². The summed E-state index contributed by atoms with van der Waals surface area (Å²) < 4.78 is 0. The Morgan fingerprint density at radius 1 is 1.06 bits per heavy atom. The second-order valence-electron chi connectivity index (χ2n) is 4.62. The quantitative estimate of drug-likeness (QED) is 0.516. The lowest BCUT2D eigenvalue weighted by atomic mass is 10.1. The van der Waals surface area contributed by atoms with Crippen LogP contribution in [0, 0.1) is 11.3 Å². The zero-order chi connectivity index (χ0) is 12.8. The highest BCUT2D eigenvalue weighted by molar-refractivity contribution is 4.89. The molecule has 1 atom stereocenters. The fraction of sp³-hybridized carbons (Fsp3) is 0.929. The molecule has 100 valence electrons. The molecule has 0 spiro atoms. The molecule has 17 heavy (non-hydrogen) atoms. The summed E-state index contributed by atoms with van der Waals surface area (Å²) >= 11 is 0. The highest BCUT2D eigenvalue weighted by Gasteiger charge is 2.04. The van der Waals surface area contributed by atoms with Crippen LogP contribution in [0.25, 0.3) is 0 Å². The molecule has 0 aromatic heterocycles. The molecular weight excluding hydrogens is 212 g/mol. The number of unbranched alkanes of at least 4 members (excludes halogenated alkanes) is 6. The van der Waals surface area contributed by atoms with Gasteiger partial charge in [0.1, 0.15) is 0 Å². The zero-order valence-corrected chi connectivity index (χ0v) is 11.2. The molecule has 0 aliphatic heterocycles. The van der Waals surface area contributed by atoms with Gasteiger partial charge in [0.05, 0.1) is 12.1 Å². The van der Waals surface area contributed by atoms with Gasteiger partial charge in [-0.05, 0) is 19.4 Å². The van der Waals surface area contributed by atoms with Crippen molar-refractivity contribution in [2.45, 2.75) is 70.8 Å². The Hall–Kier alpha value is -0.590. The van der Waals surface area contributed by atoms with Gasteiger partial charge in [-0.3, -0.25) is 0 Å². The minimum absolute atomic E-state index is 0.0304. The van der Waals surface area contributed by atoms with Crippen molar-refractivity contribution in [3.8, 4) is 6.07 Å². The van der Waals surface area contributed by atoms with Gasteiger partial charge in [-0.2, -0.15) is 5.26 Å². The third kappa shape index (κ3) is 11.7. The van der Waals surface area contributed by atoms with Crippen molar-refractivity contribution in [1.29, 1.82) is 5.26 Å². The number of nitrogens with one attached hydrogen (secondary N) is 1. The summed E-state index contributed by atoms with van der Waals surface area (Å²) in [5, 5.41) is 20.7. The van der Waals surface area contributed by atoms with Gasteiger partial charge in [-0.1, -0.05) is 51.9 Å². The van der Waals surface area contributed by atoms with Gasteiger partial charge in [0.25, 0.3) is 0 Å². The van der Waals surface area contributed by atoms with Crippen LogP contribution in [-0.4, -0.2) is 24.3 Å². The van der Waals surface area contributed by atoms with E-state index >= 15 is 0 Å². The van der Waals surface area contributed by atoms with E-state index in [1.165, 1.54) is 38.5 Å². The first-order chi connectivity index (χ1) is 8.35. The maximum Gasteiger partial charge on any atom is 0.0953 e. The Labute approximate surface area is 106 Å². The van der Waals surface area contributed by atoms with E-state index < -0.39 is 0 Å². The summed E-state index contributed by atoms with van der Waals surface area (Å²) in [4.78, 5) is 0. The normalized spacial score (nSPS) is 12.3. The smallest absolute Gasteiger partial charge is 0.0953 e. The Balaban J connectivity index is 3.29. The monoisotopic (exact) mass is 240 g/mol. The van der Waals surface area contributed by atoms with Crippen molar-refractivity contribution in [1.82, 2.24) is 5.32 Å². The van der Waals surface area contributed by atoms with Crippen LogP contribution in [0.3, 0.4) is 0 Å². The van der Waals surface area contributed by atoms with E-state index in [0.29, 0.717) is 0 Å².